The van der Waals surface area contributed by atoms with Crippen molar-refractivity contribution in [3.8, 4) is 5.75 Å². The van der Waals surface area contributed by atoms with Crippen LogP contribution in [-0.2, 0) is 12.8 Å². The molecular formula is C18H25NO. The largest absolute Gasteiger partial charge is 0.496 e. The Bertz CT molecular complexity index is 484. The van der Waals surface area contributed by atoms with Crippen molar-refractivity contribution in [1.29, 1.82) is 0 Å². The predicted octanol–water partition coefficient (Wildman–Crippen LogP) is 3.33. The summed E-state index contributed by atoms with van der Waals surface area (Å²) in [6, 6.07) is 7.96. The van der Waals surface area contributed by atoms with Crippen LogP contribution in [0, 0.1) is 11.8 Å². The van der Waals surface area contributed by atoms with E-state index in [0.29, 0.717) is 6.04 Å². The molecule has 0 radical (unpaired) electrons. The summed E-state index contributed by atoms with van der Waals surface area (Å²) in [6.45, 7) is 0. The third-order valence-electron chi connectivity index (χ3n) is 5.85. The molecule has 2 fully saturated rings. The van der Waals surface area contributed by atoms with E-state index in [2.05, 4.69) is 23.5 Å². The first-order valence-corrected chi connectivity index (χ1v) is 8.24. The third-order valence-corrected chi connectivity index (χ3v) is 5.85. The van der Waals surface area contributed by atoms with E-state index in [1.165, 1.54) is 49.7 Å². The second-order valence-electron chi connectivity index (χ2n) is 6.99. The summed E-state index contributed by atoms with van der Waals surface area (Å²) in [5.74, 6) is 3.09. The van der Waals surface area contributed by atoms with Crippen molar-refractivity contribution in [2.24, 2.45) is 11.8 Å². The van der Waals surface area contributed by atoms with Gasteiger partial charge in [0.15, 0.2) is 0 Å². The van der Waals surface area contributed by atoms with Crippen molar-refractivity contribution in [3.05, 3.63) is 29.3 Å². The molecule has 2 heteroatoms. The minimum Gasteiger partial charge on any atom is -0.496 e. The molecule has 20 heavy (non-hydrogen) atoms. The molecule has 1 aromatic carbocycles. The minimum absolute atomic E-state index is 0.656. The van der Waals surface area contributed by atoms with E-state index in [0.717, 1.165) is 30.0 Å². The van der Waals surface area contributed by atoms with Crippen LogP contribution in [0.2, 0.25) is 0 Å². The van der Waals surface area contributed by atoms with E-state index in [1.54, 1.807) is 7.11 Å². The molecule has 108 valence electrons. The maximum Gasteiger partial charge on any atom is 0.122 e. The third kappa shape index (κ3) is 2.14. The van der Waals surface area contributed by atoms with Crippen LogP contribution in [0.1, 0.15) is 43.2 Å². The van der Waals surface area contributed by atoms with Crippen LogP contribution >= 0.6 is 0 Å². The smallest absolute Gasteiger partial charge is 0.122 e. The number of fused-ring (bicyclic) bond motifs is 3. The molecule has 0 aliphatic heterocycles. The molecule has 4 rings (SSSR count). The van der Waals surface area contributed by atoms with Gasteiger partial charge in [-0.05, 0) is 67.6 Å². The lowest BCUT2D eigenvalue weighted by Gasteiger charge is -2.32. The van der Waals surface area contributed by atoms with E-state index in [-0.39, 0.29) is 0 Å². The van der Waals surface area contributed by atoms with Crippen molar-refractivity contribution in [2.45, 2.75) is 57.0 Å². The fourth-order valence-corrected chi connectivity index (χ4v) is 4.84. The van der Waals surface area contributed by atoms with E-state index in [4.69, 9.17) is 4.74 Å². The fraction of sp³-hybridized carbons (Fsp3) is 0.667. The zero-order chi connectivity index (χ0) is 13.5. The maximum atomic E-state index is 5.55. The second-order valence-corrected chi connectivity index (χ2v) is 6.99. The summed E-state index contributed by atoms with van der Waals surface area (Å²) in [5, 5.41) is 3.99. The van der Waals surface area contributed by atoms with Gasteiger partial charge in [-0.1, -0.05) is 18.6 Å². The van der Waals surface area contributed by atoms with Gasteiger partial charge >= 0.3 is 0 Å². The molecule has 1 N–H and O–H groups in total. The zero-order valence-electron chi connectivity index (χ0n) is 12.4. The van der Waals surface area contributed by atoms with Crippen LogP contribution in [0.5, 0.6) is 5.75 Å². The Morgan fingerprint density at radius 2 is 2.10 bits per heavy atom. The molecule has 3 aliphatic carbocycles. The van der Waals surface area contributed by atoms with E-state index >= 15 is 0 Å². The van der Waals surface area contributed by atoms with Crippen molar-refractivity contribution < 1.29 is 4.74 Å². The highest BCUT2D eigenvalue weighted by molar-refractivity contribution is 5.42. The van der Waals surface area contributed by atoms with Gasteiger partial charge in [-0.2, -0.15) is 0 Å². The SMILES string of the molecule is COc1cccc2c1CC(NC1CC3CCC1C3)CC2. The highest BCUT2D eigenvalue weighted by atomic mass is 16.5. The number of hydrogen-bond acceptors (Lipinski definition) is 2. The Kier molecular flexibility index (Phi) is 3.22. The Labute approximate surface area is 121 Å². The van der Waals surface area contributed by atoms with Crippen LogP contribution < -0.4 is 10.1 Å². The first-order valence-electron chi connectivity index (χ1n) is 8.24. The number of aryl methyl sites for hydroxylation is 1. The van der Waals surface area contributed by atoms with Crippen LogP contribution in [0.3, 0.4) is 0 Å². The molecule has 4 unspecified atom stereocenters. The lowest BCUT2D eigenvalue weighted by atomic mass is 9.86. The molecule has 0 saturated heterocycles. The van der Waals surface area contributed by atoms with Crippen LogP contribution in [0.25, 0.3) is 0 Å². The predicted molar refractivity (Wildman–Crippen MR) is 81.2 cm³/mol. The lowest BCUT2D eigenvalue weighted by molar-refractivity contribution is 0.301. The van der Waals surface area contributed by atoms with Crippen molar-refractivity contribution in [1.82, 2.24) is 5.32 Å². The van der Waals surface area contributed by atoms with Gasteiger partial charge in [-0.15, -0.1) is 0 Å². The van der Waals surface area contributed by atoms with Gasteiger partial charge in [0.1, 0.15) is 5.75 Å². The normalized spacial score (nSPS) is 35.0. The van der Waals surface area contributed by atoms with Crippen molar-refractivity contribution >= 4 is 0 Å². The highest BCUT2D eigenvalue weighted by Gasteiger charge is 2.40. The molecule has 4 atom stereocenters. The molecule has 0 aromatic heterocycles. The minimum atomic E-state index is 0.656. The number of benzene rings is 1. The van der Waals surface area contributed by atoms with Crippen LogP contribution in [0.4, 0.5) is 0 Å². The average Bonchev–Trinajstić information content (AvgIpc) is 3.09. The highest BCUT2D eigenvalue weighted by Crippen LogP contribution is 2.45. The molecule has 0 spiro atoms. The van der Waals surface area contributed by atoms with E-state index in [1.807, 2.05) is 0 Å². The van der Waals surface area contributed by atoms with Gasteiger partial charge in [0.2, 0.25) is 0 Å². The Morgan fingerprint density at radius 1 is 1.15 bits per heavy atom. The van der Waals surface area contributed by atoms with Crippen LogP contribution in [-0.4, -0.2) is 19.2 Å². The summed E-state index contributed by atoms with van der Waals surface area (Å²) in [6.07, 6.45) is 9.51. The summed E-state index contributed by atoms with van der Waals surface area (Å²) in [5.41, 5.74) is 2.94. The van der Waals surface area contributed by atoms with Gasteiger partial charge < -0.3 is 10.1 Å². The summed E-state index contributed by atoms with van der Waals surface area (Å²) < 4.78 is 5.55. The van der Waals surface area contributed by atoms with Crippen molar-refractivity contribution in [2.75, 3.05) is 7.11 Å². The number of hydrogen-bond donors (Lipinski definition) is 1. The zero-order valence-corrected chi connectivity index (χ0v) is 12.4. The number of rotatable bonds is 3. The quantitative estimate of drug-likeness (QED) is 0.910. The topological polar surface area (TPSA) is 21.3 Å². The first kappa shape index (κ1) is 12.7. The van der Waals surface area contributed by atoms with Crippen LogP contribution in [0.15, 0.2) is 18.2 Å². The number of methoxy groups -OCH3 is 1. The lowest BCUT2D eigenvalue weighted by Crippen LogP contribution is -2.44. The van der Waals surface area contributed by atoms with Crippen molar-refractivity contribution in [3.63, 3.8) is 0 Å². The monoisotopic (exact) mass is 271 g/mol. The molecule has 2 bridgehead atoms. The number of nitrogens with one attached hydrogen (secondary N) is 1. The maximum absolute atomic E-state index is 5.55. The second kappa shape index (κ2) is 5.07. The Hall–Kier alpha value is -1.02. The molecule has 1 aromatic rings. The van der Waals surface area contributed by atoms with Gasteiger partial charge in [0.05, 0.1) is 7.11 Å². The molecule has 0 amide bonds. The Balaban J connectivity index is 1.47. The van der Waals surface area contributed by atoms with Gasteiger partial charge in [-0.3, -0.25) is 0 Å². The Morgan fingerprint density at radius 3 is 2.85 bits per heavy atom. The molecule has 2 saturated carbocycles. The van der Waals surface area contributed by atoms with E-state index in [9.17, 15) is 0 Å². The standard InChI is InChI=1S/C18H25NO/c1-20-18-4-2-3-13-7-8-15(11-16(13)18)19-17-10-12-5-6-14(17)9-12/h2-4,12,14-15,17,19H,5-11H2,1H3. The molecule has 3 aliphatic rings. The van der Waals surface area contributed by atoms with E-state index < -0.39 is 0 Å². The molecule has 2 nitrogen and oxygen atoms in total. The van der Waals surface area contributed by atoms with Gasteiger partial charge in [0, 0.05) is 12.1 Å². The molecular weight excluding hydrogens is 246 g/mol. The number of ether oxygens (including phenoxy) is 1. The summed E-state index contributed by atoms with van der Waals surface area (Å²) in [4.78, 5) is 0. The fourth-order valence-electron chi connectivity index (χ4n) is 4.84. The average molecular weight is 271 g/mol. The summed E-state index contributed by atoms with van der Waals surface area (Å²) in [7, 11) is 1.79. The van der Waals surface area contributed by atoms with Gasteiger partial charge in [-0.25, -0.2) is 0 Å². The summed E-state index contributed by atoms with van der Waals surface area (Å²) >= 11 is 0. The van der Waals surface area contributed by atoms with Gasteiger partial charge in [0.25, 0.3) is 0 Å². The first-order chi connectivity index (χ1) is 9.83. The molecule has 0 heterocycles.